The molecule has 4 aromatic carbocycles. The van der Waals surface area contributed by atoms with Crippen molar-refractivity contribution < 1.29 is 20.4 Å². The molecule has 0 amide bonds. The molecule has 166 valence electrons. The maximum Gasteiger partial charge on any atom is 0.126 e. The molecule has 32 heavy (non-hydrogen) atoms. The largest absolute Gasteiger partial charge is 0.508 e. The van der Waals surface area contributed by atoms with E-state index in [0.717, 1.165) is 27.8 Å². The summed E-state index contributed by atoms with van der Waals surface area (Å²) in [7, 11) is 0. The summed E-state index contributed by atoms with van der Waals surface area (Å²) < 4.78 is 0. The van der Waals surface area contributed by atoms with E-state index in [1.165, 1.54) is 0 Å². The molecular weight excluding hydrogens is 400 g/mol. The first-order chi connectivity index (χ1) is 15.2. The second-order valence-electron chi connectivity index (χ2n) is 7.41. The van der Waals surface area contributed by atoms with Crippen molar-refractivity contribution in [2.75, 3.05) is 0 Å². The van der Waals surface area contributed by atoms with Crippen LogP contribution < -0.4 is 0 Å². The van der Waals surface area contributed by atoms with E-state index in [2.05, 4.69) is 0 Å². The molecule has 4 aromatic rings. The Bertz CT molecular complexity index is 1070. The molecule has 0 aromatic heterocycles. The fraction of sp³-hybridized carbons (Fsp3) is 0.143. The third-order valence-corrected chi connectivity index (χ3v) is 5.34. The fourth-order valence-corrected chi connectivity index (χ4v) is 3.16. The molecule has 0 radical (unpaired) electrons. The van der Waals surface area contributed by atoms with E-state index >= 15 is 0 Å². The van der Waals surface area contributed by atoms with E-state index in [1.54, 1.807) is 60.7 Å². The molecule has 4 heteroatoms. The van der Waals surface area contributed by atoms with Crippen molar-refractivity contribution in [3.05, 3.63) is 107 Å². The lowest BCUT2D eigenvalue weighted by Crippen LogP contribution is -1.96. The smallest absolute Gasteiger partial charge is 0.126 e. The first-order valence-corrected chi connectivity index (χ1v) is 10.3. The zero-order valence-electron chi connectivity index (χ0n) is 18.9. The lowest BCUT2D eigenvalue weighted by atomic mass is 9.89. The third-order valence-electron chi connectivity index (χ3n) is 5.34. The highest BCUT2D eigenvalue weighted by Crippen LogP contribution is 2.42. The summed E-state index contributed by atoms with van der Waals surface area (Å²) >= 11 is 0. The number of rotatable bonds is 1. The zero-order chi connectivity index (χ0) is 23.7. The van der Waals surface area contributed by atoms with Gasteiger partial charge in [-0.3, -0.25) is 0 Å². The Labute approximate surface area is 189 Å². The molecular formula is C28H30O4. The van der Waals surface area contributed by atoms with Gasteiger partial charge in [-0.2, -0.15) is 0 Å². The van der Waals surface area contributed by atoms with Crippen molar-refractivity contribution in [3.8, 4) is 34.1 Å². The monoisotopic (exact) mass is 430 g/mol. The summed E-state index contributed by atoms with van der Waals surface area (Å²) in [5.74, 6) is 1.10. The van der Waals surface area contributed by atoms with Gasteiger partial charge in [-0.1, -0.05) is 54.6 Å². The number of para-hydroxylation sites is 3. The minimum Gasteiger partial charge on any atom is -0.508 e. The number of phenolic OH excluding ortho intramolecular Hbond substituents is 4. The minimum atomic E-state index is 0.193. The van der Waals surface area contributed by atoms with E-state index in [1.807, 2.05) is 52.0 Å². The Hall–Kier alpha value is -3.92. The summed E-state index contributed by atoms with van der Waals surface area (Å²) in [6.07, 6.45) is 0. The van der Waals surface area contributed by atoms with Gasteiger partial charge >= 0.3 is 0 Å². The summed E-state index contributed by atoms with van der Waals surface area (Å²) in [6, 6.07) is 24.5. The van der Waals surface area contributed by atoms with Gasteiger partial charge in [-0.25, -0.2) is 0 Å². The van der Waals surface area contributed by atoms with Gasteiger partial charge in [0, 0.05) is 11.1 Å². The third kappa shape index (κ3) is 6.29. The van der Waals surface area contributed by atoms with Crippen molar-refractivity contribution in [1.29, 1.82) is 0 Å². The van der Waals surface area contributed by atoms with Gasteiger partial charge in [0.1, 0.15) is 23.0 Å². The number of benzene rings is 4. The normalized spacial score (nSPS) is 9.75. The summed E-state index contributed by atoms with van der Waals surface area (Å²) in [4.78, 5) is 0. The molecule has 0 bridgehead atoms. The van der Waals surface area contributed by atoms with Crippen LogP contribution in [0.4, 0.5) is 0 Å². The van der Waals surface area contributed by atoms with Gasteiger partial charge < -0.3 is 20.4 Å². The predicted molar refractivity (Wildman–Crippen MR) is 130 cm³/mol. The van der Waals surface area contributed by atoms with Crippen LogP contribution in [0.1, 0.15) is 22.3 Å². The maximum atomic E-state index is 10.4. The highest BCUT2D eigenvalue weighted by Gasteiger charge is 2.17. The lowest BCUT2D eigenvalue weighted by molar-refractivity contribution is 0.466. The zero-order valence-corrected chi connectivity index (χ0v) is 18.9. The number of phenols is 4. The first-order valence-electron chi connectivity index (χ1n) is 10.3. The molecule has 0 heterocycles. The van der Waals surface area contributed by atoms with Gasteiger partial charge in [0.25, 0.3) is 0 Å². The van der Waals surface area contributed by atoms with Gasteiger partial charge in [0.15, 0.2) is 0 Å². The van der Waals surface area contributed by atoms with Crippen molar-refractivity contribution in [2.45, 2.75) is 27.7 Å². The maximum absolute atomic E-state index is 10.4. The molecule has 4 rings (SSSR count). The molecule has 0 saturated carbocycles. The minimum absolute atomic E-state index is 0.193. The molecule has 4 nitrogen and oxygen atoms in total. The Morgan fingerprint density at radius 1 is 0.438 bits per heavy atom. The molecule has 0 atom stereocenters. The summed E-state index contributed by atoms with van der Waals surface area (Å²) in [5.41, 5.74) is 5.55. The van der Waals surface area contributed by atoms with E-state index in [0.29, 0.717) is 17.1 Å². The van der Waals surface area contributed by atoms with E-state index in [9.17, 15) is 10.2 Å². The SMILES string of the molecule is Cc1c(C)c(C)c(-c2ccccc2O)c(O)c1C.Oc1ccccc1.Oc1ccccc1. The average molecular weight is 431 g/mol. The van der Waals surface area contributed by atoms with Crippen LogP contribution in [0, 0.1) is 27.7 Å². The molecule has 0 unspecified atom stereocenters. The van der Waals surface area contributed by atoms with Crippen LogP contribution in [0.15, 0.2) is 84.9 Å². The van der Waals surface area contributed by atoms with Crippen LogP contribution in [0.25, 0.3) is 11.1 Å². The van der Waals surface area contributed by atoms with Gasteiger partial charge in [-0.05, 0) is 80.3 Å². The van der Waals surface area contributed by atoms with Crippen LogP contribution >= 0.6 is 0 Å². The first kappa shape index (κ1) is 24.4. The molecule has 0 fully saturated rings. The molecule has 0 aliphatic carbocycles. The predicted octanol–water partition coefficient (Wildman–Crippen LogP) is 6.78. The highest BCUT2D eigenvalue weighted by molar-refractivity contribution is 5.81. The van der Waals surface area contributed by atoms with E-state index in [-0.39, 0.29) is 11.5 Å². The average Bonchev–Trinajstić information content (AvgIpc) is 2.80. The highest BCUT2D eigenvalue weighted by atomic mass is 16.3. The lowest BCUT2D eigenvalue weighted by Gasteiger charge is -2.18. The van der Waals surface area contributed by atoms with E-state index < -0.39 is 0 Å². The second kappa shape index (κ2) is 11.5. The van der Waals surface area contributed by atoms with Crippen molar-refractivity contribution in [1.82, 2.24) is 0 Å². The Kier molecular flexibility index (Phi) is 8.72. The molecule has 0 spiro atoms. The second-order valence-corrected chi connectivity index (χ2v) is 7.41. The number of hydrogen-bond donors (Lipinski definition) is 4. The molecule has 0 saturated heterocycles. The topological polar surface area (TPSA) is 80.9 Å². The molecule has 0 aliphatic rings. The van der Waals surface area contributed by atoms with Crippen LogP contribution in [-0.2, 0) is 0 Å². The van der Waals surface area contributed by atoms with E-state index in [4.69, 9.17) is 10.2 Å². The Morgan fingerprint density at radius 2 is 0.844 bits per heavy atom. The fourth-order valence-electron chi connectivity index (χ4n) is 3.16. The van der Waals surface area contributed by atoms with Crippen molar-refractivity contribution >= 4 is 0 Å². The van der Waals surface area contributed by atoms with Gasteiger partial charge in [0.2, 0.25) is 0 Å². The number of aromatic hydroxyl groups is 4. The summed E-state index contributed by atoms with van der Waals surface area (Å²) in [5, 5.41) is 37.6. The van der Waals surface area contributed by atoms with Crippen molar-refractivity contribution in [2.24, 2.45) is 0 Å². The quantitative estimate of drug-likeness (QED) is 0.268. The van der Waals surface area contributed by atoms with Gasteiger partial charge in [0.05, 0.1) is 0 Å². The van der Waals surface area contributed by atoms with Gasteiger partial charge in [-0.15, -0.1) is 0 Å². The number of hydrogen-bond acceptors (Lipinski definition) is 4. The standard InChI is InChI=1S/C16H18O2.2C6H6O/c1-9-10(2)12(4)16(18)15(11(9)3)13-7-5-6-8-14(13)17;2*7-6-4-2-1-3-5-6/h5-8,17-18H,1-4H3;2*1-5,7H. The van der Waals surface area contributed by atoms with Crippen LogP contribution in [0.5, 0.6) is 23.0 Å². The summed E-state index contributed by atoms with van der Waals surface area (Å²) in [6.45, 7) is 7.93. The van der Waals surface area contributed by atoms with Crippen LogP contribution in [0.3, 0.4) is 0 Å². The Balaban J connectivity index is 0.000000211. The molecule has 0 aliphatic heterocycles. The van der Waals surface area contributed by atoms with Crippen molar-refractivity contribution in [3.63, 3.8) is 0 Å². The molecule has 4 N–H and O–H groups in total. The Morgan fingerprint density at radius 3 is 1.25 bits per heavy atom. The van der Waals surface area contributed by atoms with Crippen LogP contribution in [0.2, 0.25) is 0 Å². The van der Waals surface area contributed by atoms with Crippen LogP contribution in [-0.4, -0.2) is 20.4 Å².